The quantitative estimate of drug-likeness (QED) is 0.439. The topological polar surface area (TPSA) is 93.7 Å². The van der Waals surface area contributed by atoms with Gasteiger partial charge < -0.3 is 14.8 Å². The monoisotopic (exact) mass is 480 g/mol. The van der Waals surface area contributed by atoms with E-state index in [1.54, 1.807) is 18.2 Å². The van der Waals surface area contributed by atoms with E-state index >= 15 is 0 Å². The van der Waals surface area contributed by atoms with Gasteiger partial charge >= 0.3 is 0 Å². The third-order valence-corrected chi connectivity index (χ3v) is 8.29. The summed E-state index contributed by atoms with van der Waals surface area (Å²) >= 11 is 0. The van der Waals surface area contributed by atoms with Crippen LogP contribution in [0, 0.1) is 5.82 Å². The highest BCUT2D eigenvalue weighted by molar-refractivity contribution is 7.89. The van der Waals surface area contributed by atoms with Crippen LogP contribution in [0.3, 0.4) is 0 Å². The van der Waals surface area contributed by atoms with Gasteiger partial charge in [0, 0.05) is 23.2 Å². The van der Waals surface area contributed by atoms with Gasteiger partial charge in [0.25, 0.3) is 0 Å². The molecule has 3 aromatic rings. The SMILES string of the molecule is CNS(=O)(=O)c1ccc(-c2cccc(NC(=O)C3(c4c5c(F)c6c(c4C5)OCO6)CC3)c2)cc1. The van der Waals surface area contributed by atoms with Crippen LogP contribution in [0.15, 0.2) is 53.4 Å². The lowest BCUT2D eigenvalue weighted by Gasteiger charge is -2.31. The van der Waals surface area contributed by atoms with E-state index in [1.165, 1.54) is 19.2 Å². The number of nitrogens with one attached hydrogen (secondary N) is 2. The molecule has 34 heavy (non-hydrogen) atoms. The Balaban J connectivity index is 1.26. The van der Waals surface area contributed by atoms with E-state index in [4.69, 9.17) is 9.47 Å². The first kappa shape index (κ1) is 21.1. The maximum Gasteiger partial charge on any atom is 0.240 e. The van der Waals surface area contributed by atoms with E-state index < -0.39 is 21.3 Å². The van der Waals surface area contributed by atoms with E-state index in [2.05, 4.69) is 10.0 Å². The third kappa shape index (κ3) is 3.04. The number of ether oxygens (including phenoxy) is 2. The van der Waals surface area contributed by atoms with E-state index in [0.717, 1.165) is 22.3 Å². The highest BCUT2D eigenvalue weighted by Gasteiger charge is 2.57. The highest BCUT2D eigenvalue weighted by atomic mass is 32.2. The summed E-state index contributed by atoms with van der Waals surface area (Å²) in [6.45, 7) is -0.00397. The Kier molecular flexibility index (Phi) is 4.53. The molecule has 1 heterocycles. The molecule has 3 aromatic carbocycles. The molecule has 1 saturated carbocycles. The van der Waals surface area contributed by atoms with Gasteiger partial charge in [0.2, 0.25) is 28.5 Å². The van der Waals surface area contributed by atoms with Crippen LogP contribution in [0.1, 0.15) is 29.5 Å². The van der Waals surface area contributed by atoms with Gasteiger partial charge in [-0.05, 0) is 60.8 Å². The smallest absolute Gasteiger partial charge is 0.240 e. The number of anilines is 1. The van der Waals surface area contributed by atoms with Crippen molar-refractivity contribution in [1.29, 1.82) is 0 Å². The third-order valence-electron chi connectivity index (χ3n) is 6.86. The standard InChI is InChI=1S/C25H21FN2O5S/c1-27-34(30,31)17-7-5-14(6-8-17)15-3-2-4-16(11-15)28-24(29)25(9-10-25)20-18-12-19(20)22-23(21(18)26)33-13-32-22/h2-8,11,27H,9-10,12-13H2,1H3,(H,28,29). The number of sulfonamides is 1. The number of halogens is 1. The minimum absolute atomic E-state index is 0.00397. The summed E-state index contributed by atoms with van der Waals surface area (Å²) in [4.78, 5) is 13.5. The molecule has 0 aromatic heterocycles. The minimum Gasteiger partial charge on any atom is -0.453 e. The van der Waals surface area contributed by atoms with Gasteiger partial charge in [-0.1, -0.05) is 24.3 Å². The molecule has 0 spiro atoms. The molecule has 174 valence electrons. The average molecular weight is 481 g/mol. The van der Waals surface area contributed by atoms with Crippen LogP contribution in [0.4, 0.5) is 10.1 Å². The van der Waals surface area contributed by atoms with E-state index in [9.17, 15) is 17.6 Å². The Morgan fingerprint density at radius 2 is 1.74 bits per heavy atom. The number of benzene rings is 3. The first-order valence-electron chi connectivity index (χ1n) is 10.9. The molecule has 1 amide bonds. The van der Waals surface area contributed by atoms with E-state index in [-0.39, 0.29) is 23.3 Å². The fraction of sp³-hybridized carbons (Fsp3) is 0.240. The van der Waals surface area contributed by atoms with Gasteiger partial charge in [-0.25, -0.2) is 17.5 Å². The van der Waals surface area contributed by atoms with Crippen LogP contribution in [0.2, 0.25) is 0 Å². The van der Waals surface area contributed by atoms with Crippen molar-refractivity contribution < 1.29 is 27.1 Å². The van der Waals surface area contributed by atoms with Gasteiger partial charge in [-0.15, -0.1) is 0 Å². The molecular weight excluding hydrogens is 459 g/mol. The molecular formula is C25H21FN2O5S. The average Bonchev–Trinajstić information content (AvgIpc) is 3.45. The lowest BCUT2D eigenvalue weighted by atomic mass is 9.74. The largest absolute Gasteiger partial charge is 0.453 e. The molecule has 7 nitrogen and oxygen atoms in total. The molecule has 2 bridgehead atoms. The molecule has 0 radical (unpaired) electrons. The number of hydrogen-bond donors (Lipinski definition) is 2. The number of rotatable bonds is 6. The van der Waals surface area contributed by atoms with Crippen molar-refractivity contribution in [2.75, 3.05) is 19.2 Å². The van der Waals surface area contributed by atoms with Crippen molar-refractivity contribution in [2.24, 2.45) is 0 Å². The zero-order valence-corrected chi connectivity index (χ0v) is 19.1. The van der Waals surface area contributed by atoms with Crippen LogP contribution in [0.5, 0.6) is 11.5 Å². The molecule has 0 atom stereocenters. The van der Waals surface area contributed by atoms with E-state index in [1.807, 2.05) is 18.2 Å². The molecule has 0 unspecified atom stereocenters. The molecule has 2 aliphatic carbocycles. The lowest BCUT2D eigenvalue weighted by Crippen LogP contribution is -2.33. The maximum absolute atomic E-state index is 14.8. The minimum atomic E-state index is -3.51. The molecule has 6 rings (SSSR count). The summed E-state index contributed by atoms with van der Waals surface area (Å²) in [7, 11) is -2.15. The fourth-order valence-electron chi connectivity index (χ4n) is 4.88. The van der Waals surface area contributed by atoms with Crippen molar-refractivity contribution in [3.8, 4) is 22.6 Å². The molecule has 1 fully saturated rings. The van der Waals surface area contributed by atoms with Crippen LogP contribution < -0.4 is 19.5 Å². The van der Waals surface area contributed by atoms with Crippen molar-refractivity contribution in [2.45, 2.75) is 29.6 Å². The highest BCUT2D eigenvalue weighted by Crippen LogP contribution is 2.60. The van der Waals surface area contributed by atoms with Crippen molar-refractivity contribution in [3.05, 3.63) is 71.0 Å². The number of carbonyl (C=O) groups excluding carboxylic acids is 1. The number of carbonyl (C=O) groups is 1. The Hall–Kier alpha value is -3.43. The molecule has 0 saturated heterocycles. The van der Waals surface area contributed by atoms with Crippen LogP contribution in [-0.4, -0.2) is 28.2 Å². The zero-order valence-electron chi connectivity index (χ0n) is 18.3. The van der Waals surface area contributed by atoms with Gasteiger partial charge in [-0.2, -0.15) is 0 Å². The second-order valence-electron chi connectivity index (χ2n) is 8.74. The number of fused-ring (bicyclic) bond motifs is 4. The summed E-state index contributed by atoms with van der Waals surface area (Å²) in [5.41, 5.74) is 3.70. The Morgan fingerprint density at radius 3 is 2.44 bits per heavy atom. The second kappa shape index (κ2) is 7.28. The summed E-state index contributed by atoms with van der Waals surface area (Å²) < 4.78 is 51.8. The number of hydrogen-bond acceptors (Lipinski definition) is 5. The van der Waals surface area contributed by atoms with Gasteiger partial charge in [-0.3, -0.25) is 4.79 Å². The summed E-state index contributed by atoms with van der Waals surface area (Å²) in [5.74, 6) is 0.0210. The van der Waals surface area contributed by atoms with Crippen molar-refractivity contribution in [3.63, 3.8) is 0 Å². The molecule has 2 N–H and O–H groups in total. The van der Waals surface area contributed by atoms with Crippen LogP contribution in [0.25, 0.3) is 11.1 Å². The zero-order chi connectivity index (χ0) is 23.7. The van der Waals surface area contributed by atoms with E-state index in [0.29, 0.717) is 36.3 Å². The molecule has 9 heteroatoms. The van der Waals surface area contributed by atoms with Gasteiger partial charge in [0.05, 0.1) is 10.3 Å². The van der Waals surface area contributed by atoms with Crippen LogP contribution in [-0.2, 0) is 26.7 Å². The molecule has 3 aliphatic rings. The number of amides is 1. The molecule has 1 aliphatic heterocycles. The Bertz CT molecular complexity index is 1460. The van der Waals surface area contributed by atoms with Crippen molar-refractivity contribution >= 4 is 21.6 Å². The maximum atomic E-state index is 14.8. The van der Waals surface area contributed by atoms with Gasteiger partial charge in [0.15, 0.2) is 11.6 Å². The van der Waals surface area contributed by atoms with Gasteiger partial charge in [0.1, 0.15) is 0 Å². The summed E-state index contributed by atoms with van der Waals surface area (Å²) in [6, 6.07) is 13.9. The normalized spacial score (nSPS) is 16.6. The summed E-state index contributed by atoms with van der Waals surface area (Å²) in [5, 5.41) is 3.00. The predicted octanol–water partition coefficient (Wildman–Crippen LogP) is 3.70. The Morgan fingerprint density at radius 1 is 1.00 bits per heavy atom. The first-order chi connectivity index (χ1) is 16.3. The predicted molar refractivity (Wildman–Crippen MR) is 123 cm³/mol. The second-order valence-corrected chi connectivity index (χ2v) is 10.6. The first-order valence-corrected chi connectivity index (χ1v) is 12.4. The summed E-state index contributed by atoms with van der Waals surface area (Å²) in [6.07, 6.45) is 1.77. The van der Waals surface area contributed by atoms with Crippen molar-refractivity contribution in [1.82, 2.24) is 4.72 Å². The fourth-order valence-corrected chi connectivity index (χ4v) is 5.61. The Labute approximate surface area is 195 Å². The van der Waals surface area contributed by atoms with Crippen LogP contribution >= 0.6 is 0 Å². The lowest BCUT2D eigenvalue weighted by molar-refractivity contribution is -0.118.